The number of carbonyl (C=O) groups excluding carboxylic acids is 1. The summed E-state index contributed by atoms with van der Waals surface area (Å²) in [5.41, 5.74) is 0. The molecule has 0 aromatic rings. The van der Waals surface area contributed by atoms with Crippen molar-refractivity contribution in [2.24, 2.45) is 0 Å². The van der Waals surface area contributed by atoms with Gasteiger partial charge in [0.1, 0.15) is 0 Å². The van der Waals surface area contributed by atoms with Crippen LogP contribution in [0.25, 0.3) is 0 Å². The Bertz CT molecular complexity index is 309. The lowest BCUT2D eigenvalue weighted by atomic mass is 9.67. The highest BCUT2D eigenvalue weighted by atomic mass is 16.5. The van der Waals surface area contributed by atoms with Crippen LogP contribution in [-0.4, -0.2) is 83.6 Å². The lowest BCUT2D eigenvalue weighted by molar-refractivity contribution is 0.0565. The van der Waals surface area contributed by atoms with Crippen molar-refractivity contribution >= 4 is 13.1 Å². The van der Waals surface area contributed by atoms with Crippen LogP contribution >= 0.6 is 0 Å². The van der Waals surface area contributed by atoms with Crippen LogP contribution in [0.1, 0.15) is 12.8 Å². The second-order valence-electron chi connectivity index (χ2n) is 5.20. The number of hydrogen-bond acceptors (Lipinski definition) is 5. The van der Waals surface area contributed by atoms with E-state index in [4.69, 9.17) is 14.8 Å². The fraction of sp³-hybridized carbons (Fsp3) is 0.909. The van der Waals surface area contributed by atoms with Gasteiger partial charge in [-0.2, -0.15) is 0 Å². The van der Waals surface area contributed by atoms with Gasteiger partial charge in [0, 0.05) is 19.6 Å². The zero-order valence-corrected chi connectivity index (χ0v) is 10.9. The molecular formula is C11H21BN2O5. The number of aliphatic hydroxyl groups excluding tert-OH is 1. The third kappa shape index (κ3) is 3.82. The van der Waals surface area contributed by atoms with Gasteiger partial charge in [-0.25, -0.2) is 4.79 Å². The molecule has 0 aromatic carbocycles. The molecule has 2 aliphatic rings. The monoisotopic (exact) mass is 272 g/mol. The molecule has 3 N–H and O–H groups in total. The van der Waals surface area contributed by atoms with Gasteiger partial charge in [-0.15, -0.1) is 0 Å². The molecule has 19 heavy (non-hydrogen) atoms. The van der Waals surface area contributed by atoms with Gasteiger partial charge in [0.2, 0.25) is 0 Å². The summed E-state index contributed by atoms with van der Waals surface area (Å²) in [5, 5.41) is 27.8. The molecule has 0 saturated carbocycles. The molecule has 1 unspecified atom stereocenters. The number of likely N-dealkylation sites (tertiary alicyclic amines) is 1. The predicted octanol–water partition coefficient (Wildman–Crippen LogP) is -1.26. The van der Waals surface area contributed by atoms with E-state index in [1.807, 2.05) is 0 Å². The topological polar surface area (TPSA) is 93.5 Å². The van der Waals surface area contributed by atoms with E-state index in [1.54, 1.807) is 9.80 Å². The minimum Gasteiger partial charge on any atom is -0.427 e. The Morgan fingerprint density at radius 2 is 1.84 bits per heavy atom. The van der Waals surface area contributed by atoms with Crippen LogP contribution in [0.3, 0.4) is 0 Å². The standard InChI is InChI=1S/C11H21BN2O5/c15-10-7-14(5-6-19-8-10)11(16)13-3-1-9(2-4-13)12(17)18/h9-10,15,17-18H,1-8H2. The quantitative estimate of drug-likeness (QED) is 0.518. The van der Waals surface area contributed by atoms with Crippen molar-refractivity contribution in [2.45, 2.75) is 24.8 Å². The summed E-state index contributed by atoms with van der Waals surface area (Å²) in [6.07, 6.45) is 0.551. The fourth-order valence-corrected chi connectivity index (χ4v) is 2.56. The van der Waals surface area contributed by atoms with Crippen LogP contribution in [0.2, 0.25) is 5.82 Å². The molecule has 8 heteroatoms. The molecule has 1 atom stereocenters. The molecule has 2 amide bonds. The number of ether oxygens (including phenoxy) is 1. The van der Waals surface area contributed by atoms with Crippen molar-refractivity contribution in [2.75, 3.05) is 39.4 Å². The van der Waals surface area contributed by atoms with E-state index in [9.17, 15) is 9.90 Å². The molecule has 0 radical (unpaired) electrons. The van der Waals surface area contributed by atoms with Gasteiger partial charge < -0.3 is 29.7 Å². The van der Waals surface area contributed by atoms with Gasteiger partial charge in [-0.3, -0.25) is 0 Å². The average Bonchev–Trinajstić information content (AvgIpc) is 2.62. The SMILES string of the molecule is O=C(N1CCC(B(O)O)CC1)N1CCOCC(O)C1. The molecule has 7 nitrogen and oxygen atoms in total. The summed E-state index contributed by atoms with van der Waals surface area (Å²) in [5.74, 6) is -0.151. The lowest BCUT2D eigenvalue weighted by Crippen LogP contribution is -2.49. The van der Waals surface area contributed by atoms with E-state index >= 15 is 0 Å². The summed E-state index contributed by atoms with van der Waals surface area (Å²) < 4.78 is 5.19. The Labute approximate surface area is 112 Å². The van der Waals surface area contributed by atoms with Gasteiger partial charge in [-0.1, -0.05) is 0 Å². The van der Waals surface area contributed by atoms with Gasteiger partial charge in [0.25, 0.3) is 0 Å². The second kappa shape index (κ2) is 6.56. The maximum atomic E-state index is 12.3. The lowest BCUT2D eigenvalue weighted by Gasteiger charge is -2.35. The normalized spacial score (nSPS) is 26.2. The second-order valence-corrected chi connectivity index (χ2v) is 5.20. The number of carbonyl (C=O) groups is 1. The first-order chi connectivity index (χ1) is 9.08. The van der Waals surface area contributed by atoms with Crippen LogP contribution < -0.4 is 0 Å². The summed E-state index contributed by atoms with van der Waals surface area (Å²) >= 11 is 0. The Kier molecular flexibility index (Phi) is 5.03. The number of urea groups is 1. The minimum atomic E-state index is -1.30. The molecule has 0 aromatic heterocycles. The average molecular weight is 272 g/mol. The summed E-state index contributed by atoms with van der Waals surface area (Å²) in [6.45, 7) is 2.53. The van der Waals surface area contributed by atoms with E-state index < -0.39 is 13.2 Å². The molecule has 2 heterocycles. The smallest absolute Gasteiger partial charge is 0.427 e. The summed E-state index contributed by atoms with van der Waals surface area (Å²) in [6, 6.07) is -0.101. The molecule has 0 spiro atoms. The Morgan fingerprint density at radius 1 is 1.16 bits per heavy atom. The molecule has 2 fully saturated rings. The molecule has 108 valence electrons. The van der Waals surface area contributed by atoms with Gasteiger partial charge in [-0.05, 0) is 18.7 Å². The third-order valence-electron chi connectivity index (χ3n) is 3.75. The van der Waals surface area contributed by atoms with Crippen molar-refractivity contribution in [1.82, 2.24) is 9.80 Å². The van der Waals surface area contributed by atoms with Gasteiger partial charge in [0.15, 0.2) is 0 Å². The van der Waals surface area contributed by atoms with Crippen LogP contribution in [0.4, 0.5) is 4.79 Å². The van der Waals surface area contributed by atoms with E-state index in [0.717, 1.165) is 0 Å². The molecule has 0 bridgehead atoms. The number of β-amino-alcohol motifs (C(OH)–C–C–N with tert-alkyl or cyclic N) is 1. The van der Waals surface area contributed by atoms with Gasteiger partial charge >= 0.3 is 13.1 Å². The van der Waals surface area contributed by atoms with Crippen LogP contribution in [-0.2, 0) is 4.74 Å². The number of piperidine rings is 1. The Hall–Kier alpha value is -0.825. The summed E-state index contributed by atoms with van der Waals surface area (Å²) in [7, 11) is -1.30. The zero-order valence-electron chi connectivity index (χ0n) is 10.9. The highest BCUT2D eigenvalue weighted by Gasteiger charge is 2.32. The highest BCUT2D eigenvalue weighted by Crippen LogP contribution is 2.24. The van der Waals surface area contributed by atoms with E-state index in [0.29, 0.717) is 45.6 Å². The van der Waals surface area contributed by atoms with E-state index in [2.05, 4.69) is 0 Å². The molecule has 2 aliphatic heterocycles. The van der Waals surface area contributed by atoms with Crippen molar-refractivity contribution in [3.8, 4) is 0 Å². The highest BCUT2D eigenvalue weighted by molar-refractivity contribution is 6.43. The largest absolute Gasteiger partial charge is 0.454 e. The number of amides is 2. The number of nitrogens with zero attached hydrogens (tertiary/aromatic N) is 2. The molecular weight excluding hydrogens is 251 g/mol. The number of hydrogen-bond donors (Lipinski definition) is 3. The minimum absolute atomic E-state index is 0.101. The van der Waals surface area contributed by atoms with Crippen LogP contribution in [0.5, 0.6) is 0 Å². The maximum absolute atomic E-state index is 12.3. The first kappa shape index (κ1) is 14.6. The summed E-state index contributed by atoms with van der Waals surface area (Å²) in [4.78, 5) is 15.6. The number of aliphatic hydroxyl groups is 1. The van der Waals surface area contributed by atoms with Crippen molar-refractivity contribution in [3.05, 3.63) is 0 Å². The van der Waals surface area contributed by atoms with Crippen LogP contribution in [0, 0.1) is 0 Å². The van der Waals surface area contributed by atoms with Gasteiger partial charge in [0.05, 0.1) is 25.9 Å². The van der Waals surface area contributed by atoms with E-state index in [1.165, 1.54) is 0 Å². The van der Waals surface area contributed by atoms with Crippen molar-refractivity contribution in [3.63, 3.8) is 0 Å². The number of rotatable bonds is 1. The molecule has 0 aliphatic carbocycles. The maximum Gasteiger partial charge on any atom is 0.454 e. The first-order valence-corrected chi connectivity index (χ1v) is 6.73. The Morgan fingerprint density at radius 3 is 2.47 bits per heavy atom. The van der Waals surface area contributed by atoms with Crippen LogP contribution in [0.15, 0.2) is 0 Å². The Balaban J connectivity index is 1.86. The zero-order chi connectivity index (χ0) is 13.8. The van der Waals surface area contributed by atoms with Crippen molar-refractivity contribution in [1.29, 1.82) is 0 Å². The first-order valence-electron chi connectivity index (χ1n) is 6.73. The fourth-order valence-electron chi connectivity index (χ4n) is 2.56. The third-order valence-corrected chi connectivity index (χ3v) is 3.75. The molecule has 2 rings (SSSR count). The van der Waals surface area contributed by atoms with E-state index in [-0.39, 0.29) is 18.5 Å². The molecule has 2 saturated heterocycles. The predicted molar refractivity (Wildman–Crippen MR) is 68.5 cm³/mol. The van der Waals surface area contributed by atoms with Crippen molar-refractivity contribution < 1.29 is 24.7 Å².